The maximum Gasteiger partial charge on any atom is 0.326 e. The number of aliphatic carboxylic acids is 1. The molecule has 0 aliphatic rings. The molecular weight excluding hydrogens is 769 g/mol. The minimum Gasteiger partial charge on any atom is -0.480 e. The Kier molecular flexibility index (Phi) is 48.6. The number of unbranched alkanes of at least 4 members (excludes halogenated alkanes) is 35. The summed E-state index contributed by atoms with van der Waals surface area (Å²) in [5, 5.41) is 12.0. The van der Waals surface area contributed by atoms with Gasteiger partial charge in [-0.15, -0.1) is 0 Å². The summed E-state index contributed by atoms with van der Waals surface area (Å²) in [6, 6.07) is -0.854. The minimum absolute atomic E-state index is 0.0131. The van der Waals surface area contributed by atoms with Crippen LogP contribution in [-0.2, 0) is 19.1 Å². The van der Waals surface area contributed by atoms with E-state index in [2.05, 4.69) is 31.3 Å². The lowest BCUT2D eigenvalue weighted by molar-refractivity contribution is -0.150. The number of amides is 1. The van der Waals surface area contributed by atoms with Crippen LogP contribution in [0.15, 0.2) is 12.2 Å². The van der Waals surface area contributed by atoms with Crippen molar-refractivity contribution in [3.63, 3.8) is 0 Å². The van der Waals surface area contributed by atoms with Gasteiger partial charge in [-0.1, -0.05) is 225 Å². The van der Waals surface area contributed by atoms with E-state index in [4.69, 9.17) is 10.5 Å². The molecular formula is C55H106N2O5. The van der Waals surface area contributed by atoms with Crippen molar-refractivity contribution in [3.05, 3.63) is 12.2 Å². The van der Waals surface area contributed by atoms with E-state index in [9.17, 15) is 19.5 Å². The van der Waals surface area contributed by atoms with Crippen LogP contribution in [0.25, 0.3) is 0 Å². The number of carbonyl (C=O) groups is 3. The average molecular weight is 875 g/mol. The Morgan fingerprint density at radius 3 is 1.16 bits per heavy atom. The van der Waals surface area contributed by atoms with Crippen LogP contribution in [-0.4, -0.2) is 41.6 Å². The zero-order valence-electron chi connectivity index (χ0n) is 41.5. The van der Waals surface area contributed by atoms with Gasteiger partial charge in [0.25, 0.3) is 0 Å². The van der Waals surface area contributed by atoms with Gasteiger partial charge in [-0.2, -0.15) is 0 Å². The lowest BCUT2D eigenvalue weighted by Gasteiger charge is -2.18. The summed E-state index contributed by atoms with van der Waals surface area (Å²) in [5.74, 6) is -1.21. The van der Waals surface area contributed by atoms with Crippen LogP contribution in [0.3, 0.4) is 0 Å². The number of carboxylic acids is 1. The van der Waals surface area contributed by atoms with Gasteiger partial charge in [0, 0.05) is 12.8 Å². The number of esters is 1. The summed E-state index contributed by atoms with van der Waals surface area (Å²) in [6.07, 6.45) is 58.6. The largest absolute Gasteiger partial charge is 0.480 e. The van der Waals surface area contributed by atoms with Gasteiger partial charge in [0.1, 0.15) is 12.1 Å². The second-order valence-electron chi connectivity index (χ2n) is 19.0. The number of allylic oxidation sites excluding steroid dienone is 2. The number of hydrogen-bond acceptors (Lipinski definition) is 5. The monoisotopic (exact) mass is 875 g/mol. The second kappa shape index (κ2) is 50.1. The molecule has 0 fully saturated rings. The molecule has 1 amide bonds. The molecule has 0 rings (SSSR count). The highest BCUT2D eigenvalue weighted by molar-refractivity contribution is 5.83. The summed E-state index contributed by atoms with van der Waals surface area (Å²) in [7, 11) is 0. The zero-order valence-corrected chi connectivity index (χ0v) is 41.5. The molecule has 0 aliphatic heterocycles. The SMILES string of the molecule is CCCCCCCCCC/C=C\CCCCCCCCCCCCCC(=O)OC(CCCCCCCCCCCCCCC)CCCCCCCC(=O)NC(CCCN)C(=O)O. The van der Waals surface area contributed by atoms with Gasteiger partial charge in [-0.25, -0.2) is 4.79 Å². The number of rotatable bonds is 51. The molecule has 0 aromatic heterocycles. The van der Waals surface area contributed by atoms with Crippen LogP contribution in [0.2, 0.25) is 0 Å². The smallest absolute Gasteiger partial charge is 0.326 e. The molecule has 2 unspecified atom stereocenters. The van der Waals surface area contributed by atoms with E-state index in [1.165, 1.54) is 199 Å². The molecule has 0 radical (unpaired) electrons. The van der Waals surface area contributed by atoms with E-state index >= 15 is 0 Å². The molecule has 0 aliphatic carbocycles. The average Bonchev–Trinajstić information content (AvgIpc) is 3.26. The van der Waals surface area contributed by atoms with Gasteiger partial charge in [-0.05, 0) is 83.6 Å². The van der Waals surface area contributed by atoms with E-state index in [1.807, 2.05) is 0 Å². The molecule has 0 aromatic rings. The molecule has 0 saturated carbocycles. The molecule has 7 heteroatoms. The third-order valence-electron chi connectivity index (χ3n) is 12.8. The van der Waals surface area contributed by atoms with Gasteiger partial charge in [0.05, 0.1) is 0 Å². The number of carbonyl (C=O) groups excluding carboxylic acids is 2. The Hall–Kier alpha value is -1.89. The highest BCUT2D eigenvalue weighted by Gasteiger charge is 2.19. The topological polar surface area (TPSA) is 119 Å². The van der Waals surface area contributed by atoms with E-state index in [0.717, 1.165) is 64.2 Å². The van der Waals surface area contributed by atoms with Crippen molar-refractivity contribution in [3.8, 4) is 0 Å². The van der Waals surface area contributed by atoms with E-state index < -0.39 is 12.0 Å². The first-order valence-electron chi connectivity index (χ1n) is 27.5. The summed E-state index contributed by atoms with van der Waals surface area (Å²) in [6.45, 7) is 4.98. The highest BCUT2D eigenvalue weighted by Crippen LogP contribution is 2.20. The van der Waals surface area contributed by atoms with E-state index in [-0.39, 0.29) is 18.0 Å². The molecule has 0 heterocycles. The Morgan fingerprint density at radius 2 is 0.790 bits per heavy atom. The van der Waals surface area contributed by atoms with Gasteiger partial charge in [0.2, 0.25) is 5.91 Å². The summed E-state index contributed by atoms with van der Waals surface area (Å²) in [5.41, 5.74) is 5.51. The summed E-state index contributed by atoms with van der Waals surface area (Å²) >= 11 is 0. The first-order chi connectivity index (χ1) is 30.4. The predicted octanol–water partition coefficient (Wildman–Crippen LogP) is 16.6. The number of nitrogens with one attached hydrogen (secondary N) is 1. The van der Waals surface area contributed by atoms with Crippen LogP contribution >= 0.6 is 0 Å². The van der Waals surface area contributed by atoms with Gasteiger partial charge in [0.15, 0.2) is 0 Å². The van der Waals surface area contributed by atoms with Crippen LogP contribution in [0.1, 0.15) is 303 Å². The van der Waals surface area contributed by atoms with Crippen molar-refractivity contribution in [1.29, 1.82) is 0 Å². The molecule has 2 atom stereocenters. The van der Waals surface area contributed by atoms with Crippen molar-refractivity contribution in [2.45, 2.75) is 315 Å². The van der Waals surface area contributed by atoms with E-state index in [1.54, 1.807) is 0 Å². The standard InChI is InChI=1S/C55H106N2O5/c1-3-5-7-9-11-13-15-17-18-19-20-21-22-23-24-25-26-28-30-32-34-39-43-49-54(59)62-51(45-40-36-33-31-29-27-16-14-12-10-8-6-4-2)46-41-37-35-38-42-48-53(58)57-52(55(60)61)47-44-50-56/h19-20,51-52H,3-18,21-50,56H2,1-2H3,(H,57,58)(H,60,61)/b20-19-. The molecule has 62 heavy (non-hydrogen) atoms. The number of carboxylic acid groups (broad SMARTS) is 1. The molecule has 4 N–H and O–H groups in total. The second-order valence-corrected chi connectivity index (χ2v) is 19.0. The molecule has 0 spiro atoms. The Morgan fingerprint density at radius 1 is 0.452 bits per heavy atom. The first-order valence-corrected chi connectivity index (χ1v) is 27.5. The van der Waals surface area contributed by atoms with Gasteiger partial charge in [-0.3, -0.25) is 9.59 Å². The van der Waals surface area contributed by atoms with Crippen molar-refractivity contribution in [2.24, 2.45) is 5.73 Å². The zero-order chi connectivity index (χ0) is 45.2. The Labute approximate surface area is 385 Å². The summed E-state index contributed by atoms with van der Waals surface area (Å²) < 4.78 is 6.10. The quantitative estimate of drug-likeness (QED) is 0.0318. The molecule has 0 aromatic carbocycles. The van der Waals surface area contributed by atoms with Crippen LogP contribution in [0.4, 0.5) is 0 Å². The molecule has 366 valence electrons. The third kappa shape index (κ3) is 46.1. The Bertz CT molecular complexity index is 987. The van der Waals surface area contributed by atoms with Crippen molar-refractivity contribution in [2.75, 3.05) is 6.54 Å². The maximum absolute atomic E-state index is 12.9. The fraction of sp³-hybridized carbons (Fsp3) is 0.909. The van der Waals surface area contributed by atoms with Crippen molar-refractivity contribution >= 4 is 17.8 Å². The molecule has 0 saturated heterocycles. The van der Waals surface area contributed by atoms with Gasteiger partial charge >= 0.3 is 11.9 Å². The fourth-order valence-electron chi connectivity index (χ4n) is 8.68. The van der Waals surface area contributed by atoms with Crippen LogP contribution in [0, 0.1) is 0 Å². The predicted molar refractivity (Wildman–Crippen MR) is 267 cm³/mol. The van der Waals surface area contributed by atoms with Crippen molar-refractivity contribution < 1.29 is 24.2 Å². The molecule has 0 bridgehead atoms. The highest BCUT2D eigenvalue weighted by atomic mass is 16.5. The first kappa shape index (κ1) is 60.1. The summed E-state index contributed by atoms with van der Waals surface area (Å²) in [4.78, 5) is 36.6. The van der Waals surface area contributed by atoms with Crippen LogP contribution in [0.5, 0.6) is 0 Å². The van der Waals surface area contributed by atoms with Crippen LogP contribution < -0.4 is 11.1 Å². The maximum atomic E-state index is 12.9. The number of hydrogen-bond donors (Lipinski definition) is 3. The van der Waals surface area contributed by atoms with Gasteiger partial charge < -0.3 is 20.9 Å². The normalized spacial score (nSPS) is 12.6. The fourth-order valence-corrected chi connectivity index (χ4v) is 8.68. The Balaban J connectivity index is 4.15. The van der Waals surface area contributed by atoms with Crippen molar-refractivity contribution in [1.82, 2.24) is 5.32 Å². The van der Waals surface area contributed by atoms with E-state index in [0.29, 0.717) is 32.2 Å². The number of ether oxygens (including phenoxy) is 1. The minimum atomic E-state index is -0.999. The number of nitrogens with two attached hydrogens (primary N) is 1. The molecule has 7 nitrogen and oxygen atoms in total. The lowest BCUT2D eigenvalue weighted by atomic mass is 10.0. The lowest BCUT2D eigenvalue weighted by Crippen LogP contribution is -2.40. The third-order valence-corrected chi connectivity index (χ3v) is 12.8.